The number of benzene rings is 2. The second-order valence-corrected chi connectivity index (χ2v) is 9.64. The number of carbonyl (C=O) groups is 3. The van der Waals surface area contributed by atoms with Gasteiger partial charge in [-0.25, -0.2) is 9.59 Å². The van der Waals surface area contributed by atoms with Crippen molar-refractivity contribution in [3.63, 3.8) is 0 Å². The highest BCUT2D eigenvalue weighted by atomic mass is 16.6. The number of amides is 2. The van der Waals surface area contributed by atoms with Crippen LogP contribution < -0.4 is 19.5 Å². The Hall–Kier alpha value is -4.65. The van der Waals surface area contributed by atoms with E-state index in [1.807, 2.05) is 0 Å². The van der Waals surface area contributed by atoms with Crippen LogP contribution in [0.4, 0.5) is 10.5 Å². The average Bonchev–Trinajstić information content (AvgIpc) is 3.35. The van der Waals surface area contributed by atoms with Gasteiger partial charge in [0.05, 0.1) is 24.9 Å². The maximum Gasteiger partial charge on any atom is 0.410 e. The number of anilines is 1. The van der Waals surface area contributed by atoms with E-state index in [2.05, 4.69) is 11.2 Å². The Kier molecular flexibility index (Phi) is 9.44. The molecule has 2 N–H and O–H groups in total. The molecule has 1 unspecified atom stereocenters. The molecule has 10 nitrogen and oxygen atoms in total. The smallest absolute Gasteiger partial charge is 0.410 e. The second kappa shape index (κ2) is 12.7. The number of para-hydroxylation sites is 1. The number of rotatable bonds is 9. The number of hydrogen-bond donors (Lipinski definition) is 2. The van der Waals surface area contributed by atoms with Gasteiger partial charge in [0.2, 0.25) is 11.7 Å². The fourth-order valence-corrected chi connectivity index (χ4v) is 3.84. The van der Waals surface area contributed by atoms with Crippen LogP contribution in [0.15, 0.2) is 42.5 Å². The van der Waals surface area contributed by atoms with E-state index in [4.69, 9.17) is 25.4 Å². The molecule has 2 amide bonds. The van der Waals surface area contributed by atoms with Gasteiger partial charge >= 0.3 is 12.1 Å². The van der Waals surface area contributed by atoms with Gasteiger partial charge in [0.15, 0.2) is 11.5 Å². The van der Waals surface area contributed by atoms with Crippen LogP contribution in [0.5, 0.6) is 17.2 Å². The highest BCUT2D eigenvalue weighted by molar-refractivity contribution is 6.06. The molecule has 1 aliphatic rings. The third-order valence-electron chi connectivity index (χ3n) is 5.53. The molecule has 3 rings (SSSR count). The molecule has 206 valence electrons. The van der Waals surface area contributed by atoms with Crippen LogP contribution in [0.3, 0.4) is 0 Å². The minimum Gasteiger partial charge on any atom is -0.490 e. The first-order chi connectivity index (χ1) is 18.5. The normalized spacial score (nSPS) is 14.9. The zero-order valence-electron chi connectivity index (χ0n) is 22.4. The lowest BCUT2D eigenvalue weighted by molar-refractivity contribution is -0.111. The molecule has 0 radical (unpaired) electrons. The Morgan fingerprint density at radius 3 is 2.59 bits per heavy atom. The summed E-state index contributed by atoms with van der Waals surface area (Å²) < 4.78 is 23.0. The third-order valence-corrected chi connectivity index (χ3v) is 5.53. The molecule has 1 atom stereocenters. The molecule has 0 bridgehead atoms. The van der Waals surface area contributed by atoms with E-state index >= 15 is 0 Å². The number of carboxylic acids is 1. The summed E-state index contributed by atoms with van der Waals surface area (Å²) in [6.07, 6.45) is 7.86. The number of nitrogens with one attached hydrogen (secondary N) is 1. The minimum atomic E-state index is -1.16. The van der Waals surface area contributed by atoms with E-state index in [0.717, 1.165) is 0 Å². The summed E-state index contributed by atoms with van der Waals surface area (Å²) >= 11 is 0. The summed E-state index contributed by atoms with van der Waals surface area (Å²) in [4.78, 5) is 38.2. The fraction of sp³-hybridized carbons (Fsp3) is 0.345. The molecule has 39 heavy (non-hydrogen) atoms. The molecule has 0 aromatic heterocycles. The van der Waals surface area contributed by atoms with Crippen LogP contribution in [-0.2, 0) is 9.53 Å². The molecular weight excluding hydrogens is 504 g/mol. The van der Waals surface area contributed by atoms with E-state index in [1.165, 1.54) is 31.4 Å². The van der Waals surface area contributed by atoms with Crippen molar-refractivity contribution < 1.29 is 38.4 Å². The van der Waals surface area contributed by atoms with Crippen LogP contribution in [0.2, 0.25) is 0 Å². The summed E-state index contributed by atoms with van der Waals surface area (Å²) in [5.41, 5.74) is 0.0128. The second-order valence-electron chi connectivity index (χ2n) is 9.64. The zero-order valence-corrected chi connectivity index (χ0v) is 22.4. The van der Waals surface area contributed by atoms with Crippen LogP contribution in [0, 0.1) is 12.3 Å². The van der Waals surface area contributed by atoms with Crippen molar-refractivity contribution >= 4 is 29.7 Å². The molecule has 0 spiro atoms. The number of terminal acetylenes is 1. The Morgan fingerprint density at radius 1 is 1.18 bits per heavy atom. The average molecular weight is 537 g/mol. The van der Waals surface area contributed by atoms with Crippen molar-refractivity contribution in [1.82, 2.24) is 4.90 Å². The summed E-state index contributed by atoms with van der Waals surface area (Å²) in [6, 6.07) is 9.42. The Labute approximate surface area is 227 Å². The predicted octanol–water partition coefficient (Wildman–Crippen LogP) is 4.45. The molecule has 1 saturated heterocycles. The number of ether oxygens (including phenoxy) is 4. The standard InChI is InChI=1S/C29H32N2O8/c1-6-17-37-23-13-11-19(12-14-24(32)30-22-10-8-7-9-21(22)27(33)34)25(26(23)36-5)38-20-15-16-31(18-20)28(35)39-29(2,3)4/h1,7-14,20H,15-18H2,2-5H3,(H,30,32)(H,33,34)/b14-12+. The zero-order chi connectivity index (χ0) is 28.6. The summed E-state index contributed by atoms with van der Waals surface area (Å²) in [5, 5.41) is 11.9. The molecule has 1 heterocycles. The molecule has 1 fully saturated rings. The van der Waals surface area contributed by atoms with Gasteiger partial charge in [0.25, 0.3) is 0 Å². The largest absolute Gasteiger partial charge is 0.490 e. The van der Waals surface area contributed by atoms with Crippen molar-refractivity contribution in [1.29, 1.82) is 0 Å². The summed E-state index contributed by atoms with van der Waals surface area (Å²) in [6.45, 7) is 6.16. The highest BCUT2D eigenvalue weighted by Gasteiger charge is 2.32. The molecule has 0 saturated carbocycles. The molecule has 0 aliphatic carbocycles. The number of aromatic carboxylic acids is 1. The molecular formula is C29H32N2O8. The summed E-state index contributed by atoms with van der Waals surface area (Å²) in [5.74, 6) is 1.63. The fourth-order valence-electron chi connectivity index (χ4n) is 3.84. The lowest BCUT2D eigenvalue weighted by Gasteiger charge is -2.24. The number of likely N-dealkylation sites (tertiary alicyclic amines) is 1. The van der Waals surface area contributed by atoms with Crippen molar-refractivity contribution in [3.8, 4) is 29.6 Å². The topological polar surface area (TPSA) is 124 Å². The van der Waals surface area contributed by atoms with Crippen LogP contribution in [0.1, 0.15) is 43.1 Å². The summed E-state index contributed by atoms with van der Waals surface area (Å²) in [7, 11) is 1.45. The minimum absolute atomic E-state index is 0.00618. The van der Waals surface area contributed by atoms with E-state index in [-0.39, 0.29) is 29.7 Å². The van der Waals surface area contributed by atoms with Gasteiger partial charge in [0.1, 0.15) is 18.3 Å². The molecule has 2 aromatic rings. The number of methoxy groups -OCH3 is 1. The van der Waals surface area contributed by atoms with Crippen molar-refractivity contribution in [2.75, 3.05) is 32.1 Å². The predicted molar refractivity (Wildman–Crippen MR) is 145 cm³/mol. The first-order valence-electron chi connectivity index (χ1n) is 12.3. The maximum atomic E-state index is 12.6. The van der Waals surface area contributed by atoms with Gasteiger partial charge in [-0.05, 0) is 51.1 Å². The van der Waals surface area contributed by atoms with Crippen molar-refractivity contribution in [2.24, 2.45) is 0 Å². The van der Waals surface area contributed by atoms with Gasteiger partial charge in [-0.3, -0.25) is 4.79 Å². The number of carboxylic acid groups (broad SMARTS) is 1. The van der Waals surface area contributed by atoms with Gasteiger partial charge in [-0.1, -0.05) is 18.1 Å². The number of carbonyl (C=O) groups excluding carboxylic acids is 2. The monoisotopic (exact) mass is 536 g/mol. The quantitative estimate of drug-likeness (QED) is 0.356. The SMILES string of the molecule is C#CCOc1ccc(/C=C/C(=O)Nc2ccccc2C(=O)O)c(OC2CCN(C(=O)OC(C)(C)C)C2)c1OC. The lowest BCUT2D eigenvalue weighted by atomic mass is 10.1. The van der Waals surface area contributed by atoms with Crippen molar-refractivity contribution in [3.05, 3.63) is 53.6 Å². The van der Waals surface area contributed by atoms with Gasteiger partial charge < -0.3 is 34.3 Å². The molecule has 10 heteroatoms. The Bertz CT molecular complexity index is 1290. The number of hydrogen-bond acceptors (Lipinski definition) is 7. The van der Waals surface area contributed by atoms with E-state index in [9.17, 15) is 19.5 Å². The van der Waals surface area contributed by atoms with Gasteiger partial charge in [-0.2, -0.15) is 0 Å². The van der Waals surface area contributed by atoms with Gasteiger partial charge in [-0.15, -0.1) is 6.42 Å². The van der Waals surface area contributed by atoms with Crippen LogP contribution >= 0.6 is 0 Å². The van der Waals surface area contributed by atoms with Crippen LogP contribution in [0.25, 0.3) is 6.08 Å². The van der Waals surface area contributed by atoms with E-state index in [1.54, 1.807) is 49.9 Å². The first-order valence-corrected chi connectivity index (χ1v) is 12.3. The van der Waals surface area contributed by atoms with E-state index in [0.29, 0.717) is 36.6 Å². The van der Waals surface area contributed by atoms with Crippen LogP contribution in [-0.4, -0.2) is 66.5 Å². The third kappa shape index (κ3) is 7.92. The molecule has 2 aromatic carbocycles. The van der Waals surface area contributed by atoms with Crippen molar-refractivity contribution in [2.45, 2.75) is 38.9 Å². The Morgan fingerprint density at radius 2 is 1.92 bits per heavy atom. The molecule has 1 aliphatic heterocycles. The van der Waals surface area contributed by atoms with Gasteiger partial charge in [0, 0.05) is 24.6 Å². The Balaban J connectivity index is 1.85. The van der Waals surface area contributed by atoms with E-state index < -0.39 is 23.6 Å². The highest BCUT2D eigenvalue weighted by Crippen LogP contribution is 2.42. The first kappa shape index (κ1) is 28.9. The lowest BCUT2D eigenvalue weighted by Crippen LogP contribution is -2.36. The maximum absolute atomic E-state index is 12.6. The number of nitrogens with zero attached hydrogens (tertiary/aromatic N) is 1.